The van der Waals surface area contributed by atoms with Gasteiger partial charge in [-0.25, -0.2) is 4.68 Å². The summed E-state index contributed by atoms with van der Waals surface area (Å²) in [6, 6.07) is 9.83. The minimum Gasteiger partial charge on any atom is -0.350 e. The summed E-state index contributed by atoms with van der Waals surface area (Å²) in [6.07, 6.45) is 0. The van der Waals surface area contributed by atoms with Crippen LogP contribution in [0.15, 0.2) is 35.1 Å². The lowest BCUT2D eigenvalue weighted by Gasteiger charge is -2.24. The van der Waals surface area contributed by atoms with Gasteiger partial charge >= 0.3 is 0 Å². The lowest BCUT2D eigenvalue weighted by molar-refractivity contribution is 0.423. The zero-order valence-electron chi connectivity index (χ0n) is 13.6. The SMILES string of the molecule is Cc1c(NC(=S)N(C)C(C)C)c(=O)n(-c2ccccc2)n1C. The number of benzene rings is 1. The highest BCUT2D eigenvalue weighted by Gasteiger charge is 2.18. The fourth-order valence-electron chi connectivity index (χ4n) is 2.14. The van der Waals surface area contributed by atoms with Crippen molar-refractivity contribution in [3.05, 3.63) is 46.4 Å². The Morgan fingerprint density at radius 3 is 2.41 bits per heavy atom. The Morgan fingerprint density at radius 2 is 1.86 bits per heavy atom. The summed E-state index contributed by atoms with van der Waals surface area (Å²) >= 11 is 5.38. The quantitative estimate of drug-likeness (QED) is 0.883. The Morgan fingerprint density at radius 1 is 1.27 bits per heavy atom. The van der Waals surface area contributed by atoms with Crippen molar-refractivity contribution in [2.75, 3.05) is 12.4 Å². The monoisotopic (exact) mass is 318 g/mol. The molecule has 0 amide bonds. The van der Waals surface area contributed by atoms with Gasteiger partial charge in [0.25, 0.3) is 5.56 Å². The highest BCUT2D eigenvalue weighted by Crippen LogP contribution is 2.14. The maximum absolute atomic E-state index is 12.7. The molecule has 1 heterocycles. The summed E-state index contributed by atoms with van der Waals surface area (Å²) in [4.78, 5) is 14.7. The standard InChI is InChI=1S/C16H22N4OS/c1-11(2)18(4)16(22)17-14-12(3)19(5)20(15(14)21)13-9-7-6-8-10-13/h6-11H,1-5H3,(H,17,22). The van der Waals surface area contributed by atoms with Gasteiger partial charge in [0, 0.05) is 20.1 Å². The third-order valence-electron chi connectivity index (χ3n) is 3.88. The second-order valence-electron chi connectivity index (χ2n) is 5.57. The Bertz CT molecular complexity index is 731. The molecular weight excluding hydrogens is 296 g/mol. The van der Waals surface area contributed by atoms with Crippen LogP contribution < -0.4 is 10.9 Å². The number of aromatic nitrogens is 2. The number of para-hydroxylation sites is 1. The topological polar surface area (TPSA) is 42.2 Å². The molecule has 22 heavy (non-hydrogen) atoms. The fraction of sp³-hybridized carbons (Fsp3) is 0.375. The van der Waals surface area contributed by atoms with Gasteiger partial charge in [-0.1, -0.05) is 18.2 Å². The van der Waals surface area contributed by atoms with Crippen molar-refractivity contribution in [2.45, 2.75) is 26.8 Å². The first-order valence-electron chi connectivity index (χ1n) is 7.22. The van der Waals surface area contributed by atoms with Crippen LogP contribution in [0.2, 0.25) is 0 Å². The van der Waals surface area contributed by atoms with Crippen molar-refractivity contribution < 1.29 is 0 Å². The Labute approximate surface area is 136 Å². The molecule has 0 unspecified atom stereocenters. The predicted octanol–water partition coefficient (Wildman–Crippen LogP) is 2.52. The summed E-state index contributed by atoms with van der Waals surface area (Å²) in [5.74, 6) is 0. The summed E-state index contributed by atoms with van der Waals surface area (Å²) in [6.45, 7) is 6.00. The van der Waals surface area contributed by atoms with Gasteiger partial charge < -0.3 is 10.2 Å². The molecule has 0 bridgehead atoms. The van der Waals surface area contributed by atoms with E-state index in [0.29, 0.717) is 10.8 Å². The molecule has 0 aliphatic rings. The first-order valence-corrected chi connectivity index (χ1v) is 7.63. The van der Waals surface area contributed by atoms with Gasteiger partial charge in [-0.15, -0.1) is 0 Å². The molecule has 6 heteroatoms. The fourth-order valence-corrected chi connectivity index (χ4v) is 2.45. The molecule has 2 aromatic rings. The van der Waals surface area contributed by atoms with E-state index in [1.54, 1.807) is 4.68 Å². The van der Waals surface area contributed by atoms with Crippen LogP contribution in [0.4, 0.5) is 5.69 Å². The van der Waals surface area contributed by atoms with E-state index in [2.05, 4.69) is 5.32 Å². The minimum absolute atomic E-state index is 0.106. The van der Waals surface area contributed by atoms with Crippen molar-refractivity contribution in [3.63, 3.8) is 0 Å². The number of nitrogens with one attached hydrogen (secondary N) is 1. The van der Waals surface area contributed by atoms with Crippen LogP contribution in [-0.2, 0) is 7.05 Å². The van der Waals surface area contributed by atoms with Crippen molar-refractivity contribution in [1.29, 1.82) is 0 Å². The lowest BCUT2D eigenvalue weighted by Crippen LogP contribution is -2.37. The highest BCUT2D eigenvalue weighted by molar-refractivity contribution is 7.80. The van der Waals surface area contributed by atoms with Crippen LogP contribution in [0.3, 0.4) is 0 Å². The number of anilines is 1. The molecule has 1 aromatic carbocycles. The highest BCUT2D eigenvalue weighted by atomic mass is 32.1. The van der Waals surface area contributed by atoms with E-state index in [1.807, 2.05) is 74.8 Å². The van der Waals surface area contributed by atoms with Crippen molar-refractivity contribution in [2.24, 2.45) is 7.05 Å². The average Bonchev–Trinajstić information content (AvgIpc) is 2.71. The van der Waals surface area contributed by atoms with E-state index < -0.39 is 0 Å². The second kappa shape index (κ2) is 6.36. The Kier molecular flexibility index (Phi) is 4.71. The maximum atomic E-state index is 12.7. The van der Waals surface area contributed by atoms with E-state index in [1.165, 1.54) is 0 Å². The van der Waals surface area contributed by atoms with Gasteiger partial charge in [0.05, 0.1) is 11.4 Å². The predicted molar refractivity (Wildman–Crippen MR) is 94.9 cm³/mol. The second-order valence-corrected chi connectivity index (χ2v) is 5.96. The van der Waals surface area contributed by atoms with Gasteiger partial charge in [0.1, 0.15) is 5.69 Å². The van der Waals surface area contributed by atoms with Crippen molar-refractivity contribution >= 4 is 23.0 Å². The van der Waals surface area contributed by atoms with Gasteiger partial charge in [0.15, 0.2) is 5.11 Å². The number of thiocarbonyl (C=S) groups is 1. The number of hydrogen-bond acceptors (Lipinski definition) is 2. The summed E-state index contributed by atoms with van der Waals surface area (Å²) in [5, 5.41) is 3.64. The average molecular weight is 318 g/mol. The van der Waals surface area contributed by atoms with Crippen LogP contribution in [0.5, 0.6) is 0 Å². The van der Waals surface area contributed by atoms with Gasteiger partial charge in [-0.3, -0.25) is 9.48 Å². The first kappa shape index (κ1) is 16.3. The van der Waals surface area contributed by atoms with Crippen LogP contribution >= 0.6 is 12.2 Å². The molecule has 0 saturated carbocycles. The molecular formula is C16H22N4OS. The van der Waals surface area contributed by atoms with Crippen LogP contribution in [0.25, 0.3) is 5.69 Å². The molecule has 0 fully saturated rings. The Hall–Kier alpha value is -2.08. The summed E-state index contributed by atoms with van der Waals surface area (Å²) in [7, 11) is 3.78. The van der Waals surface area contributed by atoms with Gasteiger partial charge in [0.2, 0.25) is 0 Å². The van der Waals surface area contributed by atoms with Crippen molar-refractivity contribution in [1.82, 2.24) is 14.3 Å². The molecule has 0 atom stereocenters. The van der Waals surface area contributed by atoms with E-state index in [-0.39, 0.29) is 11.6 Å². The molecule has 0 aliphatic carbocycles. The zero-order chi connectivity index (χ0) is 16.4. The van der Waals surface area contributed by atoms with Crippen molar-refractivity contribution in [3.8, 4) is 5.69 Å². The third-order valence-corrected chi connectivity index (χ3v) is 4.27. The van der Waals surface area contributed by atoms with Gasteiger partial charge in [-0.2, -0.15) is 0 Å². The molecule has 0 aliphatic heterocycles. The third kappa shape index (κ3) is 2.92. The number of rotatable bonds is 3. The van der Waals surface area contributed by atoms with E-state index in [9.17, 15) is 4.79 Å². The first-order chi connectivity index (χ1) is 10.3. The minimum atomic E-state index is -0.106. The molecule has 118 valence electrons. The van der Waals surface area contributed by atoms with E-state index in [0.717, 1.165) is 11.4 Å². The van der Waals surface area contributed by atoms with Crippen LogP contribution in [-0.4, -0.2) is 32.5 Å². The number of hydrogen-bond donors (Lipinski definition) is 1. The van der Waals surface area contributed by atoms with Gasteiger partial charge in [-0.05, 0) is 45.1 Å². The summed E-state index contributed by atoms with van der Waals surface area (Å²) < 4.78 is 3.47. The smallest absolute Gasteiger partial charge is 0.295 e. The summed E-state index contributed by atoms with van der Waals surface area (Å²) in [5.41, 5.74) is 2.08. The lowest BCUT2D eigenvalue weighted by atomic mass is 10.3. The maximum Gasteiger partial charge on any atom is 0.295 e. The molecule has 1 aromatic heterocycles. The molecule has 0 spiro atoms. The zero-order valence-corrected chi connectivity index (χ0v) is 14.4. The van der Waals surface area contributed by atoms with Crippen LogP contribution in [0, 0.1) is 6.92 Å². The van der Waals surface area contributed by atoms with E-state index in [4.69, 9.17) is 12.2 Å². The largest absolute Gasteiger partial charge is 0.350 e. The molecule has 1 N–H and O–H groups in total. The Balaban J connectivity index is 2.44. The van der Waals surface area contributed by atoms with E-state index >= 15 is 0 Å². The van der Waals surface area contributed by atoms with Crippen LogP contribution in [0.1, 0.15) is 19.5 Å². The number of nitrogens with zero attached hydrogens (tertiary/aromatic N) is 3. The molecule has 0 saturated heterocycles. The molecule has 0 radical (unpaired) electrons. The molecule has 5 nitrogen and oxygen atoms in total. The normalized spacial score (nSPS) is 10.8. The molecule has 2 rings (SSSR count).